The molecule has 0 aromatic carbocycles. The molecule has 0 atom stereocenters. The molecule has 0 bridgehead atoms. The second kappa shape index (κ2) is 8.25. The summed E-state index contributed by atoms with van der Waals surface area (Å²) >= 11 is 0. The molecule has 18 heavy (non-hydrogen) atoms. The molecular weight excluding hydrogens is 262 g/mol. The molecule has 0 radical (unpaired) electrons. The Hall–Kier alpha value is -0.900. The minimum atomic E-state index is -3.95. The van der Waals surface area contributed by atoms with Crippen LogP contribution in [0.25, 0.3) is 0 Å². The summed E-state index contributed by atoms with van der Waals surface area (Å²) in [6.45, 7) is 3.79. The molecule has 0 rings (SSSR count). The lowest BCUT2D eigenvalue weighted by molar-refractivity contribution is 0.120. The second-order valence-electron chi connectivity index (χ2n) is 3.74. The molecule has 0 saturated carbocycles. The zero-order valence-electron chi connectivity index (χ0n) is 10.9. The lowest BCUT2D eigenvalue weighted by Crippen LogP contribution is -2.47. The van der Waals surface area contributed by atoms with Crippen molar-refractivity contribution in [3.63, 3.8) is 0 Å². The number of nitrogens with one attached hydrogen (secondary N) is 1. The van der Waals surface area contributed by atoms with Crippen LogP contribution in [0.4, 0.5) is 4.79 Å². The number of hydrogen-bond acceptors (Lipinski definition) is 6. The van der Waals surface area contributed by atoms with E-state index in [2.05, 4.69) is 0 Å². The maximum Gasteiger partial charge on any atom is 0.422 e. The highest BCUT2D eigenvalue weighted by Crippen LogP contribution is 1.99. The molecule has 0 unspecified atom stereocenters. The van der Waals surface area contributed by atoms with Crippen LogP contribution in [0.5, 0.6) is 0 Å². The number of methoxy groups -OCH3 is 1. The average molecular weight is 283 g/mol. The molecule has 0 aliphatic carbocycles. The number of hydrogen-bond donors (Lipinski definition) is 2. The Kier molecular flexibility index (Phi) is 7.83. The van der Waals surface area contributed by atoms with Crippen LogP contribution in [0.3, 0.4) is 0 Å². The summed E-state index contributed by atoms with van der Waals surface area (Å²) in [5.41, 5.74) is 5.32. The molecule has 0 spiro atoms. The average Bonchev–Trinajstić information content (AvgIpc) is 2.21. The van der Waals surface area contributed by atoms with Gasteiger partial charge < -0.3 is 15.2 Å². The second-order valence-corrected chi connectivity index (χ2v) is 5.41. The van der Waals surface area contributed by atoms with Gasteiger partial charge in [-0.25, -0.2) is 9.52 Å². The zero-order valence-corrected chi connectivity index (χ0v) is 11.7. The van der Waals surface area contributed by atoms with Crippen molar-refractivity contribution in [1.82, 2.24) is 9.03 Å². The number of nitrogens with zero attached hydrogens (tertiary/aromatic N) is 1. The van der Waals surface area contributed by atoms with E-state index < -0.39 is 22.4 Å². The van der Waals surface area contributed by atoms with E-state index in [0.29, 0.717) is 0 Å². The third-order valence-corrected chi connectivity index (χ3v) is 3.29. The number of amides is 1. The first-order chi connectivity index (χ1) is 8.33. The number of carbonyl (C=O) groups excluding carboxylic acids is 1. The van der Waals surface area contributed by atoms with E-state index in [0.717, 1.165) is 4.31 Å². The molecule has 108 valence electrons. The van der Waals surface area contributed by atoms with Crippen molar-refractivity contribution in [2.24, 2.45) is 5.73 Å². The van der Waals surface area contributed by atoms with Crippen LogP contribution in [0.2, 0.25) is 0 Å². The predicted molar refractivity (Wildman–Crippen MR) is 66.2 cm³/mol. The van der Waals surface area contributed by atoms with Crippen LogP contribution in [-0.4, -0.2) is 58.3 Å². The van der Waals surface area contributed by atoms with Crippen molar-refractivity contribution in [3.8, 4) is 0 Å². The maximum absolute atomic E-state index is 11.8. The molecule has 9 heteroatoms. The highest BCUT2D eigenvalue weighted by Gasteiger charge is 2.24. The number of rotatable bonds is 8. The Morgan fingerprint density at radius 2 is 2.00 bits per heavy atom. The first kappa shape index (κ1) is 17.1. The Morgan fingerprint density at radius 1 is 1.39 bits per heavy atom. The van der Waals surface area contributed by atoms with Gasteiger partial charge in [0.05, 0.1) is 12.7 Å². The molecule has 0 aliphatic heterocycles. The van der Waals surface area contributed by atoms with Crippen LogP contribution in [0, 0.1) is 0 Å². The smallest absolute Gasteiger partial charge is 0.422 e. The summed E-state index contributed by atoms with van der Waals surface area (Å²) in [5.74, 6) is 0. The minimum Gasteiger partial charge on any atom is -0.446 e. The minimum absolute atomic E-state index is 0.0909. The third kappa shape index (κ3) is 6.74. The van der Waals surface area contributed by atoms with Gasteiger partial charge in [0.15, 0.2) is 0 Å². The van der Waals surface area contributed by atoms with Gasteiger partial charge in [0, 0.05) is 26.7 Å². The van der Waals surface area contributed by atoms with E-state index in [1.54, 1.807) is 13.8 Å². The van der Waals surface area contributed by atoms with Crippen molar-refractivity contribution in [1.29, 1.82) is 0 Å². The number of ether oxygens (including phenoxy) is 2. The van der Waals surface area contributed by atoms with Gasteiger partial charge in [-0.1, -0.05) is 0 Å². The van der Waals surface area contributed by atoms with Crippen LogP contribution < -0.4 is 10.5 Å². The summed E-state index contributed by atoms with van der Waals surface area (Å²) in [5, 5.41) is 0. The summed E-state index contributed by atoms with van der Waals surface area (Å²) < 4.78 is 36.0. The molecule has 0 heterocycles. The SMILES string of the molecule is COCCN(CCN)S(=O)(=O)NC(=O)OC(C)C. The molecule has 0 saturated heterocycles. The molecule has 3 N–H and O–H groups in total. The Bertz CT molecular complexity index is 344. The van der Waals surface area contributed by atoms with Gasteiger partial charge in [0.25, 0.3) is 0 Å². The Balaban J connectivity index is 4.58. The van der Waals surface area contributed by atoms with Gasteiger partial charge in [-0.3, -0.25) is 0 Å². The molecule has 0 aromatic heterocycles. The monoisotopic (exact) mass is 283 g/mol. The van der Waals surface area contributed by atoms with Gasteiger partial charge >= 0.3 is 16.3 Å². The number of nitrogens with two attached hydrogens (primary N) is 1. The lowest BCUT2D eigenvalue weighted by atomic mass is 10.5. The van der Waals surface area contributed by atoms with E-state index in [1.807, 2.05) is 4.72 Å². The summed E-state index contributed by atoms with van der Waals surface area (Å²) in [6.07, 6.45) is -1.41. The fourth-order valence-electron chi connectivity index (χ4n) is 1.10. The van der Waals surface area contributed by atoms with Crippen LogP contribution >= 0.6 is 0 Å². The van der Waals surface area contributed by atoms with Gasteiger partial charge in [0.1, 0.15) is 0 Å². The van der Waals surface area contributed by atoms with Crippen molar-refractivity contribution in [3.05, 3.63) is 0 Å². The normalized spacial score (nSPS) is 11.9. The van der Waals surface area contributed by atoms with Gasteiger partial charge in [-0.2, -0.15) is 12.7 Å². The van der Waals surface area contributed by atoms with Crippen LogP contribution in [0.15, 0.2) is 0 Å². The summed E-state index contributed by atoms with van der Waals surface area (Å²) in [6, 6.07) is 0. The number of carbonyl (C=O) groups is 1. The van der Waals surface area contributed by atoms with E-state index in [-0.39, 0.29) is 26.2 Å². The van der Waals surface area contributed by atoms with Crippen LogP contribution in [-0.2, 0) is 19.7 Å². The Morgan fingerprint density at radius 3 is 2.44 bits per heavy atom. The predicted octanol–water partition coefficient (Wildman–Crippen LogP) is -0.727. The lowest BCUT2D eigenvalue weighted by Gasteiger charge is -2.21. The fourth-order valence-corrected chi connectivity index (χ4v) is 2.15. The molecule has 0 fully saturated rings. The molecule has 1 amide bonds. The highest BCUT2D eigenvalue weighted by atomic mass is 32.2. The Labute approximate surface area is 108 Å². The topological polar surface area (TPSA) is 111 Å². The van der Waals surface area contributed by atoms with Gasteiger partial charge in [-0.15, -0.1) is 0 Å². The first-order valence-electron chi connectivity index (χ1n) is 5.51. The third-order valence-electron chi connectivity index (χ3n) is 1.82. The van der Waals surface area contributed by atoms with E-state index in [1.165, 1.54) is 7.11 Å². The maximum atomic E-state index is 11.8. The molecule has 0 aromatic rings. The summed E-state index contributed by atoms with van der Waals surface area (Å²) in [4.78, 5) is 11.2. The largest absolute Gasteiger partial charge is 0.446 e. The highest BCUT2D eigenvalue weighted by molar-refractivity contribution is 7.87. The van der Waals surface area contributed by atoms with Crippen molar-refractivity contribution >= 4 is 16.3 Å². The van der Waals surface area contributed by atoms with E-state index >= 15 is 0 Å². The molecule has 0 aliphatic rings. The molecular formula is C9H21N3O5S. The van der Waals surface area contributed by atoms with Crippen LogP contribution in [0.1, 0.15) is 13.8 Å². The van der Waals surface area contributed by atoms with Crippen molar-refractivity contribution < 1.29 is 22.7 Å². The van der Waals surface area contributed by atoms with Gasteiger partial charge in [-0.05, 0) is 13.8 Å². The van der Waals surface area contributed by atoms with E-state index in [4.69, 9.17) is 15.2 Å². The zero-order chi connectivity index (χ0) is 14.2. The van der Waals surface area contributed by atoms with Gasteiger partial charge in [0.2, 0.25) is 0 Å². The quantitative estimate of drug-likeness (QED) is 0.607. The fraction of sp³-hybridized carbons (Fsp3) is 0.889. The molecule has 8 nitrogen and oxygen atoms in total. The van der Waals surface area contributed by atoms with Crippen molar-refractivity contribution in [2.75, 3.05) is 33.4 Å². The van der Waals surface area contributed by atoms with Crippen molar-refractivity contribution in [2.45, 2.75) is 20.0 Å². The first-order valence-corrected chi connectivity index (χ1v) is 6.95. The standard InChI is InChI=1S/C9H21N3O5S/c1-8(2)17-9(13)11-18(14,15)12(5-4-10)6-7-16-3/h8H,4-7,10H2,1-3H3,(H,11,13). The summed E-state index contributed by atoms with van der Waals surface area (Å²) in [7, 11) is -2.50. The van der Waals surface area contributed by atoms with E-state index in [9.17, 15) is 13.2 Å².